The highest BCUT2D eigenvalue weighted by Crippen LogP contribution is 2.29. The molecular weight excluding hydrogens is 316 g/mol. The molecule has 2 rings (SSSR count). The third kappa shape index (κ3) is 2.31. The van der Waals surface area contributed by atoms with E-state index >= 15 is 0 Å². The Morgan fingerprint density at radius 1 is 0.944 bits per heavy atom. The van der Waals surface area contributed by atoms with Gasteiger partial charge in [-0.3, -0.25) is 0 Å². The number of hydrogen-bond donors (Lipinski definition) is 1. The van der Waals surface area contributed by atoms with E-state index in [0.29, 0.717) is 4.47 Å². The van der Waals surface area contributed by atoms with Crippen molar-refractivity contribution >= 4 is 27.3 Å². The van der Waals surface area contributed by atoms with Gasteiger partial charge in [0, 0.05) is 4.47 Å². The standard InChI is InChI=1S/C11H5BrF4N2/c12-5-3-1-2-4-6(5)17-9-7(13)10(15)18-11(16)8(9)14/h1-4H,(H,17,18). The number of pyridine rings is 1. The third-order valence-corrected chi connectivity index (χ3v) is 2.82. The summed E-state index contributed by atoms with van der Waals surface area (Å²) < 4.78 is 52.9. The molecule has 2 aromatic rings. The minimum atomic E-state index is -1.71. The summed E-state index contributed by atoms with van der Waals surface area (Å²) in [6.45, 7) is 0. The van der Waals surface area contributed by atoms with Gasteiger partial charge in [-0.25, -0.2) is 0 Å². The zero-order valence-corrected chi connectivity index (χ0v) is 10.2. The molecule has 0 atom stereocenters. The number of nitrogens with one attached hydrogen (secondary N) is 1. The molecule has 0 spiro atoms. The van der Waals surface area contributed by atoms with Gasteiger partial charge in [-0.05, 0) is 28.1 Å². The summed E-state index contributed by atoms with van der Waals surface area (Å²) in [5.41, 5.74) is -0.660. The van der Waals surface area contributed by atoms with Gasteiger partial charge >= 0.3 is 0 Å². The number of hydrogen-bond acceptors (Lipinski definition) is 2. The van der Waals surface area contributed by atoms with Gasteiger partial charge in [-0.1, -0.05) is 12.1 Å². The van der Waals surface area contributed by atoms with E-state index in [9.17, 15) is 17.6 Å². The summed E-state index contributed by atoms with van der Waals surface area (Å²) in [6.07, 6.45) is 0. The number of aromatic nitrogens is 1. The van der Waals surface area contributed by atoms with Gasteiger partial charge in [0.1, 0.15) is 5.69 Å². The molecule has 7 heteroatoms. The zero-order valence-electron chi connectivity index (χ0n) is 8.65. The SMILES string of the molecule is Fc1nc(F)c(F)c(Nc2ccccc2Br)c1F. The number of benzene rings is 1. The van der Waals surface area contributed by atoms with Crippen molar-refractivity contribution in [2.45, 2.75) is 0 Å². The summed E-state index contributed by atoms with van der Waals surface area (Å²) in [6, 6.07) is 6.36. The van der Waals surface area contributed by atoms with Crippen molar-refractivity contribution < 1.29 is 17.6 Å². The summed E-state index contributed by atoms with van der Waals surface area (Å²) in [5.74, 6) is -6.57. The minimum absolute atomic E-state index is 0.264. The summed E-state index contributed by atoms with van der Waals surface area (Å²) in [4.78, 5) is 2.46. The fourth-order valence-electron chi connectivity index (χ4n) is 1.29. The Balaban J connectivity index is 2.50. The lowest BCUT2D eigenvalue weighted by atomic mass is 10.3. The highest BCUT2D eigenvalue weighted by Gasteiger charge is 2.21. The Morgan fingerprint density at radius 3 is 2.06 bits per heavy atom. The van der Waals surface area contributed by atoms with Crippen molar-refractivity contribution in [3.63, 3.8) is 0 Å². The quantitative estimate of drug-likeness (QED) is 0.664. The molecular formula is C11H5BrF4N2. The first-order valence-corrected chi connectivity index (χ1v) is 5.51. The van der Waals surface area contributed by atoms with Crippen molar-refractivity contribution in [2.24, 2.45) is 0 Å². The van der Waals surface area contributed by atoms with E-state index in [4.69, 9.17) is 0 Å². The monoisotopic (exact) mass is 320 g/mol. The maximum Gasteiger partial charge on any atom is 0.253 e. The van der Waals surface area contributed by atoms with Crippen LogP contribution in [0.2, 0.25) is 0 Å². The molecule has 0 radical (unpaired) electrons. The van der Waals surface area contributed by atoms with Crippen LogP contribution in [0.15, 0.2) is 28.7 Å². The van der Waals surface area contributed by atoms with Crippen LogP contribution >= 0.6 is 15.9 Å². The smallest absolute Gasteiger partial charge is 0.253 e. The molecule has 0 saturated carbocycles. The molecule has 1 heterocycles. The maximum atomic E-state index is 13.3. The Morgan fingerprint density at radius 2 is 1.50 bits per heavy atom. The predicted molar refractivity (Wildman–Crippen MR) is 61.5 cm³/mol. The van der Waals surface area contributed by atoms with Crippen LogP contribution in [0.4, 0.5) is 28.9 Å². The normalized spacial score (nSPS) is 10.5. The van der Waals surface area contributed by atoms with Crippen LogP contribution in [-0.2, 0) is 0 Å². The molecule has 0 aliphatic rings. The first-order chi connectivity index (χ1) is 8.50. The Bertz CT molecular complexity index is 578. The largest absolute Gasteiger partial charge is 0.350 e. The number of para-hydroxylation sites is 1. The Kier molecular flexibility index (Phi) is 3.51. The molecule has 1 aromatic heterocycles. The Hall–Kier alpha value is -1.63. The second-order valence-electron chi connectivity index (χ2n) is 3.30. The van der Waals surface area contributed by atoms with E-state index in [1.165, 1.54) is 6.07 Å². The topological polar surface area (TPSA) is 24.9 Å². The number of halogens is 5. The number of anilines is 2. The van der Waals surface area contributed by atoms with E-state index < -0.39 is 29.2 Å². The van der Waals surface area contributed by atoms with Crippen LogP contribution in [-0.4, -0.2) is 4.98 Å². The number of nitrogens with zero attached hydrogens (tertiary/aromatic N) is 1. The molecule has 94 valence electrons. The molecule has 0 bridgehead atoms. The van der Waals surface area contributed by atoms with Crippen LogP contribution in [0.5, 0.6) is 0 Å². The van der Waals surface area contributed by atoms with Gasteiger partial charge in [-0.2, -0.15) is 22.5 Å². The van der Waals surface area contributed by atoms with Crippen molar-refractivity contribution in [2.75, 3.05) is 5.32 Å². The summed E-state index contributed by atoms with van der Waals surface area (Å²) in [5, 5.41) is 2.27. The second-order valence-corrected chi connectivity index (χ2v) is 4.16. The molecule has 0 fully saturated rings. The van der Waals surface area contributed by atoms with Crippen LogP contribution in [0, 0.1) is 23.5 Å². The van der Waals surface area contributed by atoms with Crippen LogP contribution in [0.25, 0.3) is 0 Å². The van der Waals surface area contributed by atoms with Crippen LogP contribution in [0.1, 0.15) is 0 Å². The van der Waals surface area contributed by atoms with Gasteiger partial charge in [0.25, 0.3) is 11.9 Å². The Labute approximate surface area is 108 Å². The van der Waals surface area contributed by atoms with Gasteiger partial charge < -0.3 is 5.32 Å². The minimum Gasteiger partial charge on any atom is -0.350 e. The van der Waals surface area contributed by atoms with Crippen LogP contribution in [0.3, 0.4) is 0 Å². The zero-order chi connectivity index (χ0) is 13.3. The molecule has 18 heavy (non-hydrogen) atoms. The lowest BCUT2D eigenvalue weighted by Crippen LogP contribution is -2.06. The molecule has 1 aromatic carbocycles. The average molecular weight is 321 g/mol. The van der Waals surface area contributed by atoms with E-state index in [1.807, 2.05) is 0 Å². The first-order valence-electron chi connectivity index (χ1n) is 4.72. The molecule has 0 aliphatic carbocycles. The second kappa shape index (κ2) is 4.93. The van der Waals surface area contributed by atoms with E-state index in [-0.39, 0.29) is 5.69 Å². The fourth-order valence-corrected chi connectivity index (χ4v) is 1.68. The molecule has 1 N–H and O–H groups in total. The molecule has 0 unspecified atom stereocenters. The van der Waals surface area contributed by atoms with E-state index in [0.717, 1.165) is 0 Å². The van der Waals surface area contributed by atoms with Gasteiger partial charge in [0.2, 0.25) is 11.6 Å². The molecule has 0 saturated heterocycles. The molecule has 2 nitrogen and oxygen atoms in total. The lowest BCUT2D eigenvalue weighted by molar-refractivity contribution is 0.411. The van der Waals surface area contributed by atoms with Gasteiger partial charge in [0.15, 0.2) is 0 Å². The molecule has 0 amide bonds. The maximum absolute atomic E-state index is 13.3. The van der Waals surface area contributed by atoms with Crippen LogP contribution < -0.4 is 5.32 Å². The van der Waals surface area contributed by atoms with Gasteiger partial charge in [0.05, 0.1) is 5.69 Å². The highest BCUT2D eigenvalue weighted by molar-refractivity contribution is 9.10. The van der Waals surface area contributed by atoms with E-state index in [1.54, 1.807) is 18.2 Å². The lowest BCUT2D eigenvalue weighted by Gasteiger charge is -2.10. The summed E-state index contributed by atoms with van der Waals surface area (Å²) >= 11 is 3.13. The van der Waals surface area contributed by atoms with Crippen molar-refractivity contribution in [1.29, 1.82) is 0 Å². The summed E-state index contributed by atoms with van der Waals surface area (Å²) in [7, 11) is 0. The fraction of sp³-hybridized carbons (Fsp3) is 0. The number of rotatable bonds is 2. The molecule has 0 aliphatic heterocycles. The average Bonchev–Trinajstić information content (AvgIpc) is 2.34. The first kappa shape index (κ1) is 12.8. The van der Waals surface area contributed by atoms with Crippen molar-refractivity contribution in [3.8, 4) is 0 Å². The van der Waals surface area contributed by atoms with Crippen molar-refractivity contribution in [3.05, 3.63) is 52.3 Å². The highest BCUT2D eigenvalue weighted by atomic mass is 79.9. The predicted octanol–water partition coefficient (Wildman–Crippen LogP) is 4.14. The van der Waals surface area contributed by atoms with E-state index in [2.05, 4.69) is 26.2 Å². The van der Waals surface area contributed by atoms with Crippen molar-refractivity contribution in [1.82, 2.24) is 4.98 Å². The third-order valence-electron chi connectivity index (χ3n) is 2.13. The van der Waals surface area contributed by atoms with Gasteiger partial charge in [-0.15, -0.1) is 0 Å².